The van der Waals surface area contributed by atoms with E-state index >= 15 is 0 Å². The summed E-state index contributed by atoms with van der Waals surface area (Å²) >= 11 is 0. The lowest BCUT2D eigenvalue weighted by Gasteiger charge is -2.07. The number of rotatable bonds is 8. The van der Waals surface area contributed by atoms with E-state index in [1.54, 1.807) is 30.3 Å². The van der Waals surface area contributed by atoms with Gasteiger partial charge in [0.15, 0.2) is 6.61 Å². The minimum atomic E-state index is -2.93. The monoisotopic (exact) mass is 348 g/mol. The number of hydrogen-bond donors (Lipinski definition) is 1. The molecule has 5 nitrogen and oxygen atoms in total. The first-order valence-electron chi connectivity index (χ1n) is 7.66. The molecule has 0 bridgehead atoms. The third kappa shape index (κ3) is 6.21. The summed E-state index contributed by atoms with van der Waals surface area (Å²) in [5.74, 6) is 0.0813. The molecule has 0 aromatic heterocycles. The van der Waals surface area contributed by atoms with Crippen LogP contribution in [0.15, 0.2) is 53.6 Å². The van der Waals surface area contributed by atoms with Gasteiger partial charge >= 0.3 is 6.61 Å². The zero-order chi connectivity index (χ0) is 18.1. The minimum Gasteiger partial charge on any atom is -0.484 e. The normalized spacial score (nSPS) is 10.9. The van der Waals surface area contributed by atoms with Gasteiger partial charge in [0.25, 0.3) is 5.91 Å². The average Bonchev–Trinajstić information content (AvgIpc) is 2.61. The van der Waals surface area contributed by atoms with Crippen molar-refractivity contribution in [3.63, 3.8) is 0 Å². The van der Waals surface area contributed by atoms with Gasteiger partial charge in [0, 0.05) is 5.56 Å². The summed E-state index contributed by atoms with van der Waals surface area (Å²) in [4.78, 5) is 11.7. The Balaban J connectivity index is 1.84. The Morgan fingerprint density at radius 3 is 2.60 bits per heavy atom. The van der Waals surface area contributed by atoms with Gasteiger partial charge in [-0.1, -0.05) is 31.2 Å². The fraction of sp³-hybridized carbons (Fsp3) is 0.222. The van der Waals surface area contributed by atoms with Crippen molar-refractivity contribution in [3.05, 3.63) is 59.7 Å². The predicted molar refractivity (Wildman–Crippen MR) is 90.1 cm³/mol. The molecule has 132 valence electrons. The molecule has 0 aliphatic heterocycles. The number of ether oxygens (including phenoxy) is 2. The smallest absolute Gasteiger partial charge is 0.387 e. The van der Waals surface area contributed by atoms with Gasteiger partial charge in [0.05, 0.1) is 6.21 Å². The topological polar surface area (TPSA) is 59.9 Å². The van der Waals surface area contributed by atoms with E-state index in [4.69, 9.17) is 4.74 Å². The second-order valence-electron chi connectivity index (χ2n) is 5.00. The number of carbonyl (C=O) groups is 1. The van der Waals surface area contributed by atoms with Crippen LogP contribution in [0.3, 0.4) is 0 Å². The van der Waals surface area contributed by atoms with Gasteiger partial charge in [-0.05, 0) is 36.2 Å². The van der Waals surface area contributed by atoms with E-state index in [0.717, 1.165) is 6.42 Å². The number of halogens is 2. The first kappa shape index (κ1) is 18.4. The van der Waals surface area contributed by atoms with Crippen molar-refractivity contribution in [2.75, 3.05) is 6.61 Å². The van der Waals surface area contributed by atoms with Crippen molar-refractivity contribution < 1.29 is 23.0 Å². The maximum absolute atomic E-state index is 12.3. The van der Waals surface area contributed by atoms with Crippen molar-refractivity contribution in [2.24, 2.45) is 5.10 Å². The van der Waals surface area contributed by atoms with E-state index in [1.165, 1.54) is 17.8 Å². The highest BCUT2D eigenvalue weighted by Crippen LogP contribution is 2.18. The van der Waals surface area contributed by atoms with E-state index in [0.29, 0.717) is 11.3 Å². The summed E-state index contributed by atoms with van der Waals surface area (Å²) in [6, 6.07) is 13.5. The van der Waals surface area contributed by atoms with Crippen molar-refractivity contribution in [1.82, 2.24) is 5.43 Å². The molecule has 25 heavy (non-hydrogen) atoms. The van der Waals surface area contributed by atoms with Crippen LogP contribution >= 0.6 is 0 Å². The average molecular weight is 348 g/mol. The maximum atomic E-state index is 12.3. The lowest BCUT2D eigenvalue weighted by atomic mass is 10.2. The second kappa shape index (κ2) is 9.36. The Labute approximate surface area is 144 Å². The Morgan fingerprint density at radius 1 is 1.20 bits per heavy atom. The number of benzene rings is 2. The summed E-state index contributed by atoms with van der Waals surface area (Å²) in [5, 5.41) is 3.72. The Kier molecular flexibility index (Phi) is 6.88. The number of alkyl halides is 2. The van der Waals surface area contributed by atoms with E-state index < -0.39 is 12.5 Å². The van der Waals surface area contributed by atoms with E-state index in [-0.39, 0.29) is 12.4 Å². The van der Waals surface area contributed by atoms with Crippen LogP contribution in [-0.2, 0) is 11.2 Å². The van der Waals surface area contributed by atoms with Crippen LogP contribution in [0.4, 0.5) is 8.78 Å². The van der Waals surface area contributed by atoms with Crippen LogP contribution in [0, 0.1) is 0 Å². The SMILES string of the molecule is CCc1ccc(OCC(=O)N/N=C/c2ccccc2OC(F)F)cc1. The fourth-order valence-corrected chi connectivity index (χ4v) is 1.97. The van der Waals surface area contributed by atoms with Gasteiger partial charge in [-0.2, -0.15) is 13.9 Å². The lowest BCUT2D eigenvalue weighted by molar-refractivity contribution is -0.123. The number of hydrogen-bond acceptors (Lipinski definition) is 4. The zero-order valence-electron chi connectivity index (χ0n) is 13.6. The second-order valence-corrected chi connectivity index (χ2v) is 5.00. The molecule has 2 aromatic carbocycles. The highest BCUT2D eigenvalue weighted by Gasteiger charge is 2.07. The lowest BCUT2D eigenvalue weighted by Crippen LogP contribution is -2.24. The highest BCUT2D eigenvalue weighted by molar-refractivity contribution is 5.85. The molecule has 1 N–H and O–H groups in total. The fourth-order valence-electron chi connectivity index (χ4n) is 1.97. The predicted octanol–water partition coefficient (Wildman–Crippen LogP) is 3.38. The molecular weight excluding hydrogens is 330 g/mol. The summed E-state index contributed by atoms with van der Waals surface area (Å²) < 4.78 is 34.3. The van der Waals surface area contributed by atoms with Crippen molar-refractivity contribution >= 4 is 12.1 Å². The largest absolute Gasteiger partial charge is 0.484 e. The number of carbonyl (C=O) groups excluding carboxylic acids is 1. The Morgan fingerprint density at radius 2 is 1.92 bits per heavy atom. The Hall–Kier alpha value is -2.96. The van der Waals surface area contributed by atoms with Gasteiger partial charge in [0.1, 0.15) is 11.5 Å². The molecule has 0 spiro atoms. The van der Waals surface area contributed by atoms with Crippen LogP contribution in [0.2, 0.25) is 0 Å². The van der Waals surface area contributed by atoms with Crippen molar-refractivity contribution in [3.8, 4) is 11.5 Å². The van der Waals surface area contributed by atoms with Crippen LogP contribution in [0.25, 0.3) is 0 Å². The molecule has 0 saturated carbocycles. The first-order chi connectivity index (χ1) is 12.1. The molecule has 7 heteroatoms. The molecule has 0 saturated heterocycles. The molecule has 0 fully saturated rings. The van der Waals surface area contributed by atoms with Crippen LogP contribution in [0.1, 0.15) is 18.1 Å². The van der Waals surface area contributed by atoms with Gasteiger partial charge in [-0.3, -0.25) is 4.79 Å². The van der Waals surface area contributed by atoms with Gasteiger partial charge in [0.2, 0.25) is 0 Å². The third-order valence-corrected chi connectivity index (χ3v) is 3.23. The van der Waals surface area contributed by atoms with Gasteiger partial charge < -0.3 is 9.47 Å². The summed E-state index contributed by atoms with van der Waals surface area (Å²) in [5.41, 5.74) is 3.76. The molecule has 0 unspecified atom stereocenters. The summed E-state index contributed by atoms with van der Waals surface area (Å²) in [7, 11) is 0. The molecule has 0 aliphatic rings. The van der Waals surface area contributed by atoms with Crippen LogP contribution < -0.4 is 14.9 Å². The van der Waals surface area contributed by atoms with Crippen LogP contribution in [0.5, 0.6) is 11.5 Å². The number of hydrazone groups is 1. The molecule has 0 atom stereocenters. The van der Waals surface area contributed by atoms with Crippen molar-refractivity contribution in [2.45, 2.75) is 20.0 Å². The van der Waals surface area contributed by atoms with Gasteiger partial charge in [-0.25, -0.2) is 5.43 Å². The third-order valence-electron chi connectivity index (χ3n) is 3.23. The van der Waals surface area contributed by atoms with E-state index in [2.05, 4.69) is 15.3 Å². The summed E-state index contributed by atoms with van der Waals surface area (Å²) in [6.07, 6.45) is 2.15. The Bertz CT molecular complexity index is 719. The maximum Gasteiger partial charge on any atom is 0.387 e. The first-order valence-corrected chi connectivity index (χ1v) is 7.66. The standard InChI is InChI=1S/C18H18F2N2O3/c1-2-13-7-9-15(10-8-13)24-12-17(23)22-21-11-14-5-3-4-6-16(14)25-18(19)20/h3-11,18H,2,12H2,1H3,(H,22,23)/b21-11+. The molecule has 2 aromatic rings. The minimum absolute atomic E-state index is 0.0252. The molecule has 2 rings (SSSR count). The number of nitrogens with zero attached hydrogens (tertiary/aromatic N) is 1. The molecule has 1 amide bonds. The number of para-hydroxylation sites is 1. The molecule has 0 radical (unpaired) electrons. The number of aryl methyl sites for hydroxylation is 1. The molecule has 0 aliphatic carbocycles. The molecule has 0 heterocycles. The zero-order valence-corrected chi connectivity index (χ0v) is 13.6. The van der Waals surface area contributed by atoms with Gasteiger partial charge in [-0.15, -0.1) is 0 Å². The van der Waals surface area contributed by atoms with E-state index in [9.17, 15) is 13.6 Å². The highest BCUT2D eigenvalue weighted by atomic mass is 19.3. The van der Waals surface area contributed by atoms with E-state index in [1.807, 2.05) is 19.1 Å². The number of nitrogens with one attached hydrogen (secondary N) is 1. The number of amides is 1. The quantitative estimate of drug-likeness (QED) is 0.588. The summed E-state index contributed by atoms with van der Waals surface area (Å²) in [6.45, 7) is -1.10. The van der Waals surface area contributed by atoms with Crippen LogP contribution in [-0.4, -0.2) is 25.3 Å². The molecular formula is C18H18F2N2O3. The van der Waals surface area contributed by atoms with Crippen molar-refractivity contribution in [1.29, 1.82) is 0 Å².